The van der Waals surface area contributed by atoms with Crippen molar-refractivity contribution >= 4 is 0 Å². The molecule has 1 heterocycles. The van der Waals surface area contributed by atoms with Gasteiger partial charge in [0.05, 0.1) is 6.61 Å². The standard InChI is InChI=1S/C15H14O4/c16-11-3-4-13(14(18)6-11)10-5-9-1-2-12(17)7-15(9)19-8-10/h1-4,6-7,10,16-18H,5,8H2/t10-/m0/s1. The van der Waals surface area contributed by atoms with Crippen LogP contribution < -0.4 is 4.74 Å². The van der Waals surface area contributed by atoms with Crippen molar-refractivity contribution in [3.63, 3.8) is 0 Å². The first-order valence-electron chi connectivity index (χ1n) is 6.10. The van der Waals surface area contributed by atoms with Gasteiger partial charge in [-0.1, -0.05) is 12.1 Å². The van der Waals surface area contributed by atoms with E-state index < -0.39 is 0 Å². The molecule has 0 radical (unpaired) electrons. The van der Waals surface area contributed by atoms with Gasteiger partial charge in [0, 0.05) is 23.6 Å². The molecule has 19 heavy (non-hydrogen) atoms. The third kappa shape index (κ3) is 2.17. The number of rotatable bonds is 1. The number of hydrogen-bond donors (Lipinski definition) is 3. The molecule has 98 valence electrons. The average molecular weight is 258 g/mol. The maximum atomic E-state index is 9.88. The van der Waals surface area contributed by atoms with E-state index in [9.17, 15) is 15.3 Å². The molecule has 1 aliphatic heterocycles. The van der Waals surface area contributed by atoms with Crippen LogP contribution in [-0.2, 0) is 6.42 Å². The minimum Gasteiger partial charge on any atom is -0.508 e. The Kier molecular flexibility index (Phi) is 2.71. The van der Waals surface area contributed by atoms with E-state index >= 15 is 0 Å². The highest BCUT2D eigenvalue weighted by Gasteiger charge is 2.23. The molecule has 3 N–H and O–H groups in total. The molecule has 0 fully saturated rings. The van der Waals surface area contributed by atoms with Gasteiger partial charge in [0.25, 0.3) is 0 Å². The van der Waals surface area contributed by atoms with Gasteiger partial charge in [-0.2, -0.15) is 0 Å². The first-order chi connectivity index (χ1) is 9.13. The van der Waals surface area contributed by atoms with E-state index in [-0.39, 0.29) is 23.2 Å². The number of phenols is 3. The van der Waals surface area contributed by atoms with E-state index in [0.717, 1.165) is 17.5 Å². The summed E-state index contributed by atoms with van der Waals surface area (Å²) in [6.45, 7) is 0.439. The van der Waals surface area contributed by atoms with Crippen LogP contribution in [-0.4, -0.2) is 21.9 Å². The van der Waals surface area contributed by atoms with Gasteiger partial charge in [-0.25, -0.2) is 0 Å². The zero-order chi connectivity index (χ0) is 13.4. The lowest BCUT2D eigenvalue weighted by Gasteiger charge is -2.26. The summed E-state index contributed by atoms with van der Waals surface area (Å²) in [5.74, 6) is 1.04. The number of aromatic hydroxyl groups is 3. The van der Waals surface area contributed by atoms with Crippen molar-refractivity contribution in [2.45, 2.75) is 12.3 Å². The highest BCUT2D eigenvalue weighted by molar-refractivity contribution is 5.46. The van der Waals surface area contributed by atoms with Crippen LogP contribution >= 0.6 is 0 Å². The summed E-state index contributed by atoms with van der Waals surface area (Å²) in [5, 5.41) is 28.6. The molecule has 0 amide bonds. The molecular weight excluding hydrogens is 244 g/mol. The molecule has 2 aromatic rings. The van der Waals surface area contributed by atoms with E-state index in [1.165, 1.54) is 6.07 Å². The van der Waals surface area contributed by atoms with E-state index in [1.807, 2.05) is 6.07 Å². The van der Waals surface area contributed by atoms with Gasteiger partial charge in [0.2, 0.25) is 0 Å². The predicted molar refractivity (Wildman–Crippen MR) is 69.8 cm³/mol. The zero-order valence-corrected chi connectivity index (χ0v) is 10.2. The largest absolute Gasteiger partial charge is 0.508 e. The number of ether oxygens (including phenoxy) is 1. The van der Waals surface area contributed by atoms with Crippen LogP contribution in [0.5, 0.6) is 23.0 Å². The smallest absolute Gasteiger partial charge is 0.126 e. The van der Waals surface area contributed by atoms with Crippen molar-refractivity contribution in [1.29, 1.82) is 0 Å². The third-order valence-corrected chi connectivity index (χ3v) is 3.41. The SMILES string of the molecule is Oc1ccc([C@@H]2COc3cc(O)ccc3C2)c(O)c1. The Morgan fingerprint density at radius 2 is 1.68 bits per heavy atom. The van der Waals surface area contributed by atoms with Crippen molar-refractivity contribution in [1.82, 2.24) is 0 Å². The molecular formula is C15H14O4. The molecule has 0 saturated carbocycles. The molecule has 0 aromatic heterocycles. The van der Waals surface area contributed by atoms with Gasteiger partial charge in [0.1, 0.15) is 23.0 Å². The highest BCUT2D eigenvalue weighted by Crippen LogP contribution is 2.38. The van der Waals surface area contributed by atoms with Crippen LogP contribution in [0.4, 0.5) is 0 Å². The highest BCUT2D eigenvalue weighted by atomic mass is 16.5. The lowest BCUT2D eigenvalue weighted by atomic mass is 9.89. The quantitative estimate of drug-likeness (QED) is 0.735. The molecule has 0 saturated heterocycles. The van der Waals surface area contributed by atoms with Gasteiger partial charge in [-0.05, 0) is 24.1 Å². The average Bonchev–Trinajstić information content (AvgIpc) is 2.38. The first-order valence-corrected chi connectivity index (χ1v) is 6.10. The maximum Gasteiger partial charge on any atom is 0.126 e. The molecule has 0 spiro atoms. The van der Waals surface area contributed by atoms with E-state index in [0.29, 0.717) is 12.4 Å². The fourth-order valence-corrected chi connectivity index (χ4v) is 2.44. The Labute approximate surface area is 110 Å². The van der Waals surface area contributed by atoms with Crippen LogP contribution in [0.1, 0.15) is 17.0 Å². The Bertz CT molecular complexity index is 622. The monoisotopic (exact) mass is 258 g/mol. The van der Waals surface area contributed by atoms with Crippen LogP contribution in [0.2, 0.25) is 0 Å². The number of fused-ring (bicyclic) bond motifs is 1. The summed E-state index contributed by atoms with van der Waals surface area (Å²) in [4.78, 5) is 0. The van der Waals surface area contributed by atoms with E-state index in [1.54, 1.807) is 24.3 Å². The van der Waals surface area contributed by atoms with Crippen molar-refractivity contribution in [3.8, 4) is 23.0 Å². The predicted octanol–water partition coefficient (Wildman–Crippen LogP) is 2.52. The topological polar surface area (TPSA) is 69.9 Å². The van der Waals surface area contributed by atoms with Crippen molar-refractivity contribution in [2.75, 3.05) is 6.61 Å². The lowest BCUT2D eigenvalue weighted by molar-refractivity contribution is 0.258. The van der Waals surface area contributed by atoms with Gasteiger partial charge in [-0.3, -0.25) is 0 Å². The van der Waals surface area contributed by atoms with Gasteiger partial charge in [-0.15, -0.1) is 0 Å². The minimum atomic E-state index is 0.0395. The second-order valence-electron chi connectivity index (χ2n) is 4.75. The minimum absolute atomic E-state index is 0.0395. The summed E-state index contributed by atoms with van der Waals surface area (Å²) in [5.41, 5.74) is 1.76. The summed E-state index contributed by atoms with van der Waals surface area (Å²) >= 11 is 0. The second kappa shape index (κ2) is 4.39. The molecule has 3 rings (SSSR count). The fraction of sp³-hybridized carbons (Fsp3) is 0.200. The molecule has 4 nitrogen and oxygen atoms in total. The van der Waals surface area contributed by atoms with Gasteiger partial charge < -0.3 is 20.1 Å². The molecule has 0 aliphatic carbocycles. The Balaban J connectivity index is 1.91. The summed E-state index contributed by atoms with van der Waals surface area (Å²) in [7, 11) is 0. The first kappa shape index (κ1) is 11.7. The second-order valence-corrected chi connectivity index (χ2v) is 4.75. The van der Waals surface area contributed by atoms with E-state index in [4.69, 9.17) is 4.74 Å². The summed E-state index contributed by atoms with van der Waals surface area (Å²) in [6, 6.07) is 9.66. The molecule has 2 aromatic carbocycles. The van der Waals surface area contributed by atoms with Crippen molar-refractivity contribution in [3.05, 3.63) is 47.5 Å². The molecule has 4 heteroatoms. The molecule has 1 aliphatic rings. The number of hydrogen-bond acceptors (Lipinski definition) is 4. The van der Waals surface area contributed by atoms with Crippen molar-refractivity contribution in [2.24, 2.45) is 0 Å². The van der Waals surface area contributed by atoms with Crippen molar-refractivity contribution < 1.29 is 20.1 Å². The molecule has 0 unspecified atom stereocenters. The maximum absolute atomic E-state index is 9.88. The van der Waals surface area contributed by atoms with Gasteiger partial charge >= 0.3 is 0 Å². The Morgan fingerprint density at radius 3 is 2.47 bits per heavy atom. The van der Waals surface area contributed by atoms with E-state index in [2.05, 4.69) is 0 Å². The van der Waals surface area contributed by atoms with Gasteiger partial charge in [0.15, 0.2) is 0 Å². The Hall–Kier alpha value is -2.36. The summed E-state index contributed by atoms with van der Waals surface area (Å²) in [6.07, 6.45) is 0.730. The third-order valence-electron chi connectivity index (χ3n) is 3.41. The van der Waals surface area contributed by atoms with Crippen LogP contribution in [0.3, 0.4) is 0 Å². The fourth-order valence-electron chi connectivity index (χ4n) is 2.44. The van der Waals surface area contributed by atoms with Crippen LogP contribution in [0.15, 0.2) is 36.4 Å². The van der Waals surface area contributed by atoms with Crippen LogP contribution in [0, 0.1) is 0 Å². The number of phenolic OH excluding ortho intramolecular Hbond substituents is 3. The lowest BCUT2D eigenvalue weighted by Crippen LogP contribution is -2.19. The summed E-state index contributed by atoms with van der Waals surface area (Å²) < 4.78 is 5.62. The Morgan fingerprint density at radius 1 is 0.947 bits per heavy atom. The van der Waals surface area contributed by atoms with Crippen LogP contribution in [0.25, 0.3) is 0 Å². The zero-order valence-electron chi connectivity index (χ0n) is 10.2. The molecule has 1 atom stereocenters. The number of benzene rings is 2. The molecule has 0 bridgehead atoms. The normalized spacial score (nSPS) is 17.6.